The van der Waals surface area contributed by atoms with Crippen molar-refractivity contribution in [1.82, 2.24) is 10.2 Å². The molecule has 0 spiro atoms. The average Bonchev–Trinajstić information content (AvgIpc) is 3.09. The van der Waals surface area contributed by atoms with Crippen molar-refractivity contribution in [3.8, 4) is 0 Å². The zero-order valence-electron chi connectivity index (χ0n) is 8.33. The van der Waals surface area contributed by atoms with E-state index in [4.69, 9.17) is 17.4 Å². The van der Waals surface area contributed by atoms with E-state index in [2.05, 4.69) is 15.6 Å². The molecule has 5 heteroatoms. The molecule has 0 amide bonds. The van der Waals surface area contributed by atoms with Crippen molar-refractivity contribution in [1.29, 1.82) is 0 Å². The lowest BCUT2D eigenvalue weighted by Crippen LogP contribution is -2.13. The maximum Gasteiger partial charge on any atom is 0.166 e. The minimum atomic E-state index is 0.568. The van der Waals surface area contributed by atoms with Crippen LogP contribution in [-0.2, 0) is 0 Å². The highest BCUT2D eigenvalue weighted by atomic mass is 35.5. The molecule has 3 rings (SSSR count). The molecule has 0 saturated heterocycles. The minimum absolute atomic E-state index is 0.568. The van der Waals surface area contributed by atoms with E-state index in [9.17, 15) is 0 Å². The van der Waals surface area contributed by atoms with E-state index in [-0.39, 0.29) is 0 Å². The lowest BCUT2D eigenvalue weighted by Gasteiger charge is -2.12. The van der Waals surface area contributed by atoms with Gasteiger partial charge >= 0.3 is 0 Å². The fourth-order valence-electron chi connectivity index (χ4n) is 2.09. The third-order valence-corrected chi connectivity index (χ3v) is 3.39. The molecular formula is C10H13ClN4. The van der Waals surface area contributed by atoms with Crippen LogP contribution in [0, 0.1) is 0 Å². The van der Waals surface area contributed by atoms with Crippen LogP contribution in [-0.4, -0.2) is 10.2 Å². The number of hydrazine groups is 1. The van der Waals surface area contributed by atoms with Gasteiger partial charge in [-0.15, -0.1) is 10.2 Å². The second-order valence-electron chi connectivity index (χ2n) is 4.36. The molecule has 0 bridgehead atoms. The van der Waals surface area contributed by atoms with Crippen molar-refractivity contribution in [2.45, 2.75) is 37.5 Å². The molecule has 0 aliphatic heterocycles. The topological polar surface area (TPSA) is 63.8 Å². The van der Waals surface area contributed by atoms with E-state index in [0.29, 0.717) is 22.8 Å². The summed E-state index contributed by atoms with van der Waals surface area (Å²) in [5.41, 5.74) is 5.05. The second kappa shape index (κ2) is 3.32. The molecule has 0 radical (unpaired) electrons. The highest BCUT2D eigenvalue weighted by molar-refractivity contribution is 6.30. The first-order valence-corrected chi connectivity index (χ1v) is 5.71. The molecule has 2 aliphatic carbocycles. The summed E-state index contributed by atoms with van der Waals surface area (Å²) in [5, 5.41) is 8.53. The Hall–Kier alpha value is -0.870. The highest BCUT2D eigenvalue weighted by Crippen LogP contribution is 2.52. The fraction of sp³-hybridized carbons (Fsp3) is 0.600. The van der Waals surface area contributed by atoms with Gasteiger partial charge in [-0.3, -0.25) is 0 Å². The van der Waals surface area contributed by atoms with E-state index < -0.39 is 0 Å². The Morgan fingerprint density at radius 3 is 2.20 bits per heavy atom. The Labute approximate surface area is 93.2 Å². The smallest absolute Gasteiger partial charge is 0.166 e. The van der Waals surface area contributed by atoms with Gasteiger partial charge in [0.25, 0.3) is 0 Å². The lowest BCUT2D eigenvalue weighted by atomic mass is 10.0. The first kappa shape index (κ1) is 9.36. The Bertz CT molecular complexity index is 399. The highest BCUT2D eigenvalue weighted by Gasteiger charge is 2.37. The lowest BCUT2D eigenvalue weighted by molar-refractivity contribution is 0.916. The Balaban J connectivity index is 2.14. The second-order valence-corrected chi connectivity index (χ2v) is 4.72. The van der Waals surface area contributed by atoms with Crippen molar-refractivity contribution >= 4 is 17.4 Å². The molecule has 1 aromatic heterocycles. The minimum Gasteiger partial charge on any atom is -0.307 e. The Kier molecular flexibility index (Phi) is 2.07. The summed E-state index contributed by atoms with van der Waals surface area (Å²) in [6, 6.07) is 0. The van der Waals surface area contributed by atoms with E-state index in [1.807, 2.05) is 0 Å². The number of nitrogens with one attached hydrogen (secondary N) is 1. The number of hydrogen-bond donors (Lipinski definition) is 2. The van der Waals surface area contributed by atoms with Gasteiger partial charge in [-0.2, -0.15) is 0 Å². The summed E-state index contributed by atoms with van der Waals surface area (Å²) in [5.74, 6) is 7.36. The largest absolute Gasteiger partial charge is 0.307 e. The van der Waals surface area contributed by atoms with Gasteiger partial charge in [0.1, 0.15) is 0 Å². The van der Waals surface area contributed by atoms with E-state index in [0.717, 1.165) is 0 Å². The quantitative estimate of drug-likeness (QED) is 0.610. The standard InChI is InChI=1S/C10H13ClN4/c11-9-7(5-1-2-5)8(6-3-4-6)10(13-12)15-14-9/h5-6H,1-4,12H2,(H,13,15). The van der Waals surface area contributed by atoms with Gasteiger partial charge in [-0.1, -0.05) is 11.6 Å². The molecular weight excluding hydrogens is 212 g/mol. The van der Waals surface area contributed by atoms with E-state index in [1.165, 1.54) is 36.8 Å². The van der Waals surface area contributed by atoms with Crippen LogP contribution < -0.4 is 11.3 Å². The zero-order valence-corrected chi connectivity index (χ0v) is 9.09. The molecule has 0 unspecified atom stereocenters. The third kappa shape index (κ3) is 1.58. The maximum atomic E-state index is 6.12. The molecule has 2 aliphatic rings. The third-order valence-electron chi connectivity index (χ3n) is 3.11. The van der Waals surface area contributed by atoms with Crippen molar-refractivity contribution in [2.24, 2.45) is 5.84 Å². The van der Waals surface area contributed by atoms with Gasteiger partial charge in [-0.05, 0) is 37.5 Å². The zero-order chi connectivity index (χ0) is 10.4. The summed E-state index contributed by atoms with van der Waals surface area (Å²) in [6.45, 7) is 0. The summed E-state index contributed by atoms with van der Waals surface area (Å²) >= 11 is 6.12. The van der Waals surface area contributed by atoms with Crippen molar-refractivity contribution in [2.75, 3.05) is 5.43 Å². The predicted octanol–water partition coefficient (Wildman–Crippen LogP) is 2.17. The first-order chi connectivity index (χ1) is 7.31. The number of nitrogens with zero attached hydrogens (tertiary/aromatic N) is 2. The SMILES string of the molecule is NNc1nnc(Cl)c(C2CC2)c1C1CC1. The van der Waals surface area contributed by atoms with Gasteiger partial charge < -0.3 is 5.43 Å². The van der Waals surface area contributed by atoms with Gasteiger partial charge in [0.05, 0.1) is 0 Å². The molecule has 2 saturated carbocycles. The normalized spacial score (nSPS) is 20.4. The summed E-state index contributed by atoms with van der Waals surface area (Å²) in [4.78, 5) is 0. The van der Waals surface area contributed by atoms with Crippen molar-refractivity contribution in [3.63, 3.8) is 0 Å². The van der Waals surface area contributed by atoms with Crippen molar-refractivity contribution < 1.29 is 0 Å². The number of nitrogens with two attached hydrogens (primary N) is 1. The van der Waals surface area contributed by atoms with E-state index >= 15 is 0 Å². The molecule has 3 N–H and O–H groups in total. The van der Waals surface area contributed by atoms with Crippen LogP contribution in [0.1, 0.15) is 48.6 Å². The van der Waals surface area contributed by atoms with Crippen LogP contribution in [0.3, 0.4) is 0 Å². The van der Waals surface area contributed by atoms with Crippen LogP contribution in [0.4, 0.5) is 5.82 Å². The number of rotatable bonds is 3. The number of halogens is 1. The van der Waals surface area contributed by atoms with Gasteiger partial charge in [0.15, 0.2) is 11.0 Å². The maximum absolute atomic E-state index is 6.12. The van der Waals surface area contributed by atoms with Crippen LogP contribution in [0.15, 0.2) is 0 Å². The molecule has 80 valence electrons. The first-order valence-electron chi connectivity index (χ1n) is 5.34. The monoisotopic (exact) mass is 224 g/mol. The van der Waals surface area contributed by atoms with Gasteiger partial charge in [0, 0.05) is 11.1 Å². The summed E-state index contributed by atoms with van der Waals surface area (Å²) < 4.78 is 0. The van der Waals surface area contributed by atoms with Crippen molar-refractivity contribution in [3.05, 3.63) is 16.3 Å². The number of hydrogen-bond acceptors (Lipinski definition) is 4. The van der Waals surface area contributed by atoms with Crippen LogP contribution in [0.5, 0.6) is 0 Å². The van der Waals surface area contributed by atoms with Gasteiger partial charge in [0.2, 0.25) is 0 Å². The molecule has 0 atom stereocenters. The molecule has 15 heavy (non-hydrogen) atoms. The number of nitrogen functional groups attached to an aromatic ring is 1. The molecule has 1 aromatic rings. The van der Waals surface area contributed by atoms with Crippen LogP contribution in [0.2, 0.25) is 5.15 Å². The number of aromatic nitrogens is 2. The van der Waals surface area contributed by atoms with Crippen LogP contribution in [0.25, 0.3) is 0 Å². The number of anilines is 1. The Morgan fingerprint density at radius 1 is 1.07 bits per heavy atom. The summed E-state index contributed by atoms with van der Waals surface area (Å²) in [6.07, 6.45) is 4.87. The predicted molar refractivity (Wildman–Crippen MR) is 58.8 cm³/mol. The molecule has 1 heterocycles. The Morgan fingerprint density at radius 2 is 1.67 bits per heavy atom. The molecule has 4 nitrogen and oxygen atoms in total. The fourth-order valence-corrected chi connectivity index (χ4v) is 2.39. The van der Waals surface area contributed by atoms with Crippen LogP contribution >= 0.6 is 11.6 Å². The van der Waals surface area contributed by atoms with E-state index in [1.54, 1.807) is 0 Å². The van der Waals surface area contributed by atoms with Gasteiger partial charge in [-0.25, -0.2) is 5.84 Å². The molecule has 0 aromatic carbocycles. The summed E-state index contributed by atoms with van der Waals surface area (Å²) in [7, 11) is 0. The average molecular weight is 225 g/mol. The molecule has 2 fully saturated rings.